The van der Waals surface area contributed by atoms with Crippen LogP contribution in [0.3, 0.4) is 0 Å². The molecule has 0 spiro atoms. The average Bonchev–Trinajstić information content (AvgIpc) is 2.97. The van der Waals surface area contributed by atoms with E-state index < -0.39 is 11.5 Å². The molecule has 3 N–H and O–H groups in total. The third-order valence-electron chi connectivity index (χ3n) is 7.08. The lowest BCUT2D eigenvalue weighted by molar-refractivity contribution is -0.150. The minimum Gasteiger partial charge on any atom is -0.459 e. The molecule has 4 aromatic rings. The van der Waals surface area contributed by atoms with Crippen LogP contribution in [0.1, 0.15) is 57.6 Å². The first-order chi connectivity index (χ1) is 19.3. The molecule has 1 aliphatic rings. The van der Waals surface area contributed by atoms with Crippen molar-refractivity contribution in [3.8, 4) is 17.2 Å². The van der Waals surface area contributed by atoms with Crippen molar-refractivity contribution in [3.63, 3.8) is 0 Å². The third kappa shape index (κ3) is 6.04. The van der Waals surface area contributed by atoms with Crippen molar-refractivity contribution in [1.29, 1.82) is 5.26 Å². The van der Waals surface area contributed by atoms with Gasteiger partial charge in [0.2, 0.25) is 0 Å². The first-order valence-electron chi connectivity index (χ1n) is 13.2. The van der Waals surface area contributed by atoms with E-state index in [4.69, 9.17) is 10.5 Å². The van der Waals surface area contributed by atoms with Crippen LogP contribution >= 0.6 is 0 Å². The van der Waals surface area contributed by atoms with Gasteiger partial charge in [0.05, 0.1) is 17.7 Å². The number of nitrogens with zero attached hydrogens (tertiary/aromatic N) is 1. The molecule has 198 valence electrons. The standard InChI is InChI=1S/C34H29N3O3/c1-34(36)20-24-9-7-8-23(16-24)14-15-31(26-10-3-2-4-11-26)37-32(38)29-18-25(22-40-33(34)39)17-28(19-29)30-13-6-5-12-27(30)21-35/h2-6,9-13,16-19,31H,14-15,20,22,36H2,1H3,(H,37,38). The second-order valence-corrected chi connectivity index (χ2v) is 10.4. The Morgan fingerprint density at radius 3 is 2.55 bits per heavy atom. The van der Waals surface area contributed by atoms with Crippen LogP contribution < -0.4 is 11.1 Å². The molecule has 2 unspecified atom stereocenters. The molecule has 0 saturated heterocycles. The highest BCUT2D eigenvalue weighted by molar-refractivity contribution is 5.96. The second-order valence-electron chi connectivity index (χ2n) is 10.4. The molecule has 1 heterocycles. The van der Waals surface area contributed by atoms with E-state index in [2.05, 4.69) is 23.5 Å². The van der Waals surface area contributed by atoms with Crippen molar-refractivity contribution >= 4 is 11.9 Å². The molecule has 6 heteroatoms. The summed E-state index contributed by atoms with van der Waals surface area (Å²) in [7, 11) is 0. The van der Waals surface area contributed by atoms with Crippen LogP contribution in [0.25, 0.3) is 11.1 Å². The number of hydrogen-bond donors (Lipinski definition) is 2. The number of nitrogens with two attached hydrogens (primary N) is 1. The number of esters is 1. The number of amides is 1. The summed E-state index contributed by atoms with van der Waals surface area (Å²) in [5.41, 5.74) is 10.8. The molecule has 0 fully saturated rings. The number of benzene rings is 3. The molecule has 5 rings (SSSR count). The average molecular weight is 528 g/mol. The van der Waals surface area contributed by atoms with Gasteiger partial charge in [0, 0.05) is 17.5 Å². The van der Waals surface area contributed by atoms with Gasteiger partial charge in [-0.2, -0.15) is 5.26 Å². The van der Waals surface area contributed by atoms with Crippen LogP contribution in [0, 0.1) is 23.5 Å². The minimum absolute atomic E-state index is 0.0729. The Hall–Kier alpha value is -4.91. The topological polar surface area (TPSA) is 105 Å². The predicted octanol–water partition coefficient (Wildman–Crippen LogP) is 5.25. The number of fused-ring (bicyclic) bond motifs is 4. The minimum atomic E-state index is -1.26. The summed E-state index contributed by atoms with van der Waals surface area (Å²) < 4.78 is 5.66. The number of ether oxygens (including phenoxy) is 1. The molecule has 0 radical (unpaired) electrons. The summed E-state index contributed by atoms with van der Waals surface area (Å²) in [5.74, 6) is -0.815. The molecule has 2 atom stereocenters. The second kappa shape index (κ2) is 11.5. The molecule has 4 bridgehead atoms. The van der Waals surface area contributed by atoms with Crippen LogP contribution in [-0.2, 0) is 29.0 Å². The monoisotopic (exact) mass is 527 g/mol. The van der Waals surface area contributed by atoms with Crippen molar-refractivity contribution in [1.82, 2.24) is 5.32 Å². The Labute approximate surface area is 234 Å². The lowest BCUT2D eigenvalue weighted by atomic mass is 9.92. The molecule has 0 aromatic heterocycles. The van der Waals surface area contributed by atoms with Gasteiger partial charge in [-0.1, -0.05) is 60.7 Å². The molecular formula is C34H29N3O3. The van der Waals surface area contributed by atoms with E-state index in [9.17, 15) is 14.9 Å². The Morgan fingerprint density at radius 2 is 1.75 bits per heavy atom. The van der Waals surface area contributed by atoms with Crippen LogP contribution in [-0.4, -0.2) is 17.4 Å². The number of carbonyl (C=O) groups excluding carboxylic acids is 2. The molecule has 4 aromatic carbocycles. The maximum absolute atomic E-state index is 13.7. The highest BCUT2D eigenvalue weighted by Crippen LogP contribution is 2.28. The van der Waals surface area contributed by atoms with Crippen molar-refractivity contribution in [2.45, 2.75) is 44.4 Å². The molecule has 0 saturated carbocycles. The Kier molecular flexibility index (Phi) is 7.64. The quantitative estimate of drug-likeness (QED) is 0.347. The van der Waals surface area contributed by atoms with Crippen LogP contribution in [0.2, 0.25) is 0 Å². The fourth-order valence-electron chi connectivity index (χ4n) is 5.01. The molecule has 40 heavy (non-hydrogen) atoms. The number of carbonyl (C=O) groups is 2. The zero-order valence-corrected chi connectivity index (χ0v) is 22.2. The maximum atomic E-state index is 13.7. The fraction of sp³-hybridized carbons (Fsp3) is 0.206. The van der Waals surface area contributed by atoms with Gasteiger partial charge < -0.3 is 15.8 Å². The van der Waals surface area contributed by atoms with E-state index in [1.807, 2.05) is 54.6 Å². The van der Waals surface area contributed by atoms with Crippen LogP contribution in [0.5, 0.6) is 0 Å². The fourth-order valence-corrected chi connectivity index (χ4v) is 5.01. The van der Waals surface area contributed by atoms with E-state index in [1.165, 1.54) is 0 Å². The normalized spacial score (nSPS) is 19.5. The molecule has 1 aliphatic heterocycles. The first kappa shape index (κ1) is 26.7. The molecule has 0 aliphatic carbocycles. The van der Waals surface area contributed by atoms with Gasteiger partial charge in [-0.15, -0.1) is 0 Å². The number of nitriles is 1. The van der Waals surface area contributed by atoms with E-state index in [-0.39, 0.29) is 25.0 Å². The number of aryl methyl sites for hydroxylation is 1. The third-order valence-corrected chi connectivity index (χ3v) is 7.08. The zero-order valence-electron chi connectivity index (χ0n) is 22.2. The number of hydrogen-bond acceptors (Lipinski definition) is 5. The summed E-state index contributed by atoms with van der Waals surface area (Å²) in [6, 6.07) is 34.3. The van der Waals surface area contributed by atoms with E-state index >= 15 is 0 Å². The van der Waals surface area contributed by atoms with Gasteiger partial charge in [-0.25, -0.2) is 0 Å². The summed E-state index contributed by atoms with van der Waals surface area (Å²) in [4.78, 5) is 26.8. The zero-order chi connectivity index (χ0) is 28.1. The van der Waals surface area contributed by atoms with E-state index in [1.54, 1.807) is 37.3 Å². The van der Waals surface area contributed by atoms with Gasteiger partial charge in [0.25, 0.3) is 5.91 Å². The molecule has 1 amide bonds. The van der Waals surface area contributed by atoms with Gasteiger partial charge in [0.15, 0.2) is 0 Å². The number of nitrogens with one attached hydrogen (secondary N) is 1. The van der Waals surface area contributed by atoms with Crippen molar-refractivity contribution in [3.05, 3.63) is 130 Å². The maximum Gasteiger partial charge on any atom is 0.326 e. The number of cyclic esters (lactones) is 1. The Bertz CT molecular complexity index is 1590. The summed E-state index contributed by atoms with van der Waals surface area (Å²) >= 11 is 0. The Balaban J connectivity index is 1.58. The van der Waals surface area contributed by atoms with Gasteiger partial charge >= 0.3 is 5.97 Å². The Morgan fingerprint density at radius 1 is 1.00 bits per heavy atom. The van der Waals surface area contributed by atoms with E-state index in [0.29, 0.717) is 40.7 Å². The van der Waals surface area contributed by atoms with Crippen molar-refractivity contribution in [2.24, 2.45) is 5.73 Å². The van der Waals surface area contributed by atoms with Gasteiger partial charge in [-0.3, -0.25) is 9.59 Å². The highest BCUT2D eigenvalue weighted by Gasteiger charge is 2.31. The smallest absolute Gasteiger partial charge is 0.326 e. The molecular weight excluding hydrogens is 498 g/mol. The van der Waals surface area contributed by atoms with Crippen LogP contribution in [0.15, 0.2) is 84.9 Å². The van der Waals surface area contributed by atoms with Gasteiger partial charge in [-0.05, 0) is 84.0 Å². The summed E-state index contributed by atoms with van der Waals surface area (Å²) in [6.07, 6.45) is 1.55. The summed E-state index contributed by atoms with van der Waals surface area (Å²) in [6.45, 7) is 1.58. The van der Waals surface area contributed by atoms with E-state index in [0.717, 1.165) is 16.7 Å². The van der Waals surface area contributed by atoms with Crippen molar-refractivity contribution < 1.29 is 14.3 Å². The first-order valence-corrected chi connectivity index (χ1v) is 13.2. The van der Waals surface area contributed by atoms with Gasteiger partial charge in [0.1, 0.15) is 12.1 Å². The SMILES string of the molecule is CC1(N)Cc2cc#cc(c2)CCC(c2ccccc2)NC(=O)c2cc(cc(-c3ccccc3C#N)c2)COC1=O. The largest absolute Gasteiger partial charge is 0.459 e. The lowest BCUT2D eigenvalue weighted by Gasteiger charge is -2.24. The van der Waals surface area contributed by atoms with Crippen molar-refractivity contribution in [2.75, 3.05) is 0 Å². The predicted molar refractivity (Wildman–Crippen MR) is 152 cm³/mol. The molecule has 6 nitrogen and oxygen atoms in total. The highest BCUT2D eigenvalue weighted by atomic mass is 16.5. The summed E-state index contributed by atoms with van der Waals surface area (Å²) in [5, 5.41) is 12.9. The van der Waals surface area contributed by atoms with Crippen LogP contribution in [0.4, 0.5) is 0 Å². The number of rotatable bonds is 2. The lowest BCUT2D eigenvalue weighted by Crippen LogP contribution is -2.48.